The van der Waals surface area contributed by atoms with Gasteiger partial charge in [0.05, 0.1) is 41.2 Å². The summed E-state index contributed by atoms with van der Waals surface area (Å²) < 4.78 is 36.0. The lowest BCUT2D eigenvalue weighted by molar-refractivity contribution is -0.256. The molecule has 9 rings (SSSR count). The first-order valence-corrected chi connectivity index (χ1v) is 29.1. The van der Waals surface area contributed by atoms with Gasteiger partial charge in [0, 0.05) is 98.6 Å². The fourth-order valence-corrected chi connectivity index (χ4v) is 12.1. The Labute approximate surface area is 504 Å². The molecular formula is C60H72N8O20. The van der Waals surface area contributed by atoms with Crippen molar-refractivity contribution in [1.29, 1.82) is 0 Å². The molecule has 472 valence electrons. The minimum absolute atomic E-state index is 0.0103. The van der Waals surface area contributed by atoms with Gasteiger partial charge in [-0.05, 0) is 50.7 Å². The smallest absolute Gasteiger partial charge is 0.411 e. The average Bonchev–Trinajstić information content (AvgIpc) is 0.908. The van der Waals surface area contributed by atoms with Crippen molar-refractivity contribution in [2.24, 2.45) is 11.7 Å². The lowest BCUT2D eigenvalue weighted by Crippen LogP contribution is -2.55. The zero-order valence-electron chi connectivity index (χ0n) is 48.9. The van der Waals surface area contributed by atoms with E-state index in [1.165, 1.54) is 49.6 Å². The molecule has 2 aliphatic carbocycles. The van der Waals surface area contributed by atoms with Crippen LogP contribution < -0.4 is 32.3 Å². The van der Waals surface area contributed by atoms with Crippen molar-refractivity contribution in [3.05, 3.63) is 93.6 Å². The molecule has 3 saturated heterocycles. The van der Waals surface area contributed by atoms with E-state index in [1.54, 1.807) is 32.9 Å². The van der Waals surface area contributed by atoms with Crippen LogP contribution in [0.25, 0.3) is 0 Å². The number of ether oxygens (including phenoxy) is 6. The van der Waals surface area contributed by atoms with Gasteiger partial charge < -0.3 is 75.8 Å². The number of aliphatic hydroxyl groups is 2. The van der Waals surface area contributed by atoms with Crippen molar-refractivity contribution < 1.29 is 96.8 Å². The van der Waals surface area contributed by atoms with E-state index in [9.17, 15) is 68.4 Å². The topological polar surface area (TPSA) is 400 Å². The number of carbonyl (C=O) groups excluding carboxylic acids is 10. The van der Waals surface area contributed by atoms with Crippen LogP contribution in [0.5, 0.6) is 11.5 Å². The van der Waals surface area contributed by atoms with Gasteiger partial charge in [-0.3, -0.25) is 53.5 Å². The molecule has 0 saturated carbocycles. The van der Waals surface area contributed by atoms with E-state index < -0.39 is 168 Å². The Balaban J connectivity index is 0.880. The molecule has 0 spiro atoms. The zero-order chi connectivity index (χ0) is 63.3. The molecule has 28 nitrogen and oxygen atoms in total. The summed E-state index contributed by atoms with van der Waals surface area (Å²) >= 11 is 0. The van der Waals surface area contributed by atoms with Crippen LogP contribution in [0.1, 0.15) is 127 Å². The van der Waals surface area contributed by atoms with Crippen molar-refractivity contribution in [3.63, 3.8) is 0 Å². The summed E-state index contributed by atoms with van der Waals surface area (Å²) in [7, 11) is 1.50. The number of carbonyl (C=O) groups is 10. The molecule has 11 N–H and O–H groups in total. The number of primary amides is 1. The number of morpholine rings is 1. The highest BCUT2D eigenvalue weighted by molar-refractivity contribution is 6.32. The van der Waals surface area contributed by atoms with E-state index in [2.05, 4.69) is 31.5 Å². The maximum atomic E-state index is 14.8. The number of methoxy groups -OCH3 is 1. The lowest BCUT2D eigenvalue weighted by Gasteiger charge is -2.43. The van der Waals surface area contributed by atoms with E-state index in [1.807, 2.05) is 0 Å². The van der Waals surface area contributed by atoms with Crippen LogP contribution in [-0.4, -0.2) is 184 Å². The third kappa shape index (κ3) is 13.6. The normalized spacial score (nSPS) is 24.3. The molecule has 8 amide bonds. The first-order valence-electron chi connectivity index (χ1n) is 29.1. The maximum absolute atomic E-state index is 14.8. The van der Waals surface area contributed by atoms with E-state index in [0.717, 1.165) is 4.90 Å². The molecule has 0 aromatic heterocycles. The van der Waals surface area contributed by atoms with Gasteiger partial charge in [-0.15, -0.1) is 0 Å². The first kappa shape index (κ1) is 64.3. The van der Waals surface area contributed by atoms with Gasteiger partial charge in [0.2, 0.25) is 17.7 Å². The molecule has 4 aliphatic heterocycles. The van der Waals surface area contributed by atoms with E-state index in [-0.39, 0.29) is 84.0 Å². The molecular weight excluding hydrogens is 1150 g/mol. The van der Waals surface area contributed by atoms with Crippen LogP contribution in [-0.2, 0) is 70.2 Å². The molecule has 3 aromatic rings. The Kier molecular flexibility index (Phi) is 20.0. The molecule has 3 fully saturated rings. The van der Waals surface area contributed by atoms with E-state index in [4.69, 9.17) is 34.2 Å². The number of anilines is 2. The quantitative estimate of drug-likeness (QED) is 0.0272. The molecule has 0 bridgehead atoms. The minimum Gasteiger partial charge on any atom is -0.507 e. The van der Waals surface area contributed by atoms with Crippen molar-refractivity contribution in [1.82, 2.24) is 25.8 Å². The molecule has 10 atom stereocenters. The SMILES string of the molecule is CO[C@H]1OCCN2[C@@H]1O[C@@H]1[C@H](C)OC(O[C@H]3C[C@](O)(C(=O)CO)Cc4c(O)c5c(c(O)c43)C(=O)c3c(NC(=O)OCc4ccccc4NC(=O)[C@H](CCCNC(N)=O)NC(=O)[C@@H](NC(=O)CCCCCN4C(=O)C=CC4=O)C(C)C)cccc3C5=O)C[C@@H]12. The Morgan fingerprint density at radius 1 is 0.852 bits per heavy atom. The second kappa shape index (κ2) is 27.4. The number of aliphatic hydroxyl groups excluding tert-OH is 1. The standard InChI is InChI=1S/C60H72N8O20/c1-29(2)48(66-40(71)17-6-5-9-21-68-41(72)18-19-42(68)73)55(79)64-36(16-11-20-62-58(61)80)54(78)63-34-14-8-7-12-31(34)28-85-59(81)65-35-15-10-13-32-44(35)51(76)47-46(49(32)74)50(75)33-25-60(82,39(70)27-69)26-38(45(33)52(47)77)87-43-24-37-53(30(3)86-43)88-56-57(83-4)84-23-22-67(37)56/h7-8,10,12-15,18-19,29-30,36-38,43,48,53,56-57,69,75,77,82H,5-6,9,11,16-17,20-28H2,1-4H3,(H,63,78)(H,64,79)(H,65,81)(H,66,71)(H3,61,62,80)/t30-,36-,37-,38-,43?,48-,53+,56+,57-,60-/m0/s1. The molecule has 3 aromatic carbocycles. The number of phenolic OH excluding ortho intramolecular Hbond substituents is 2. The van der Waals surface area contributed by atoms with Crippen LogP contribution >= 0.6 is 0 Å². The summed E-state index contributed by atoms with van der Waals surface area (Å²) in [5.41, 5.74) is 0.540. The summed E-state index contributed by atoms with van der Waals surface area (Å²) in [6.45, 7) is 4.67. The highest BCUT2D eigenvalue weighted by Gasteiger charge is 2.55. The zero-order valence-corrected chi connectivity index (χ0v) is 48.9. The molecule has 28 heteroatoms. The number of benzene rings is 3. The van der Waals surface area contributed by atoms with Gasteiger partial charge >= 0.3 is 12.1 Å². The number of urea groups is 1. The fourth-order valence-electron chi connectivity index (χ4n) is 12.1. The van der Waals surface area contributed by atoms with E-state index >= 15 is 0 Å². The number of nitrogens with zero attached hydrogens (tertiary/aromatic N) is 2. The molecule has 1 unspecified atom stereocenters. The monoisotopic (exact) mass is 1220 g/mol. The molecule has 6 aliphatic rings. The summed E-state index contributed by atoms with van der Waals surface area (Å²) in [6, 6.07) is 6.72. The summed E-state index contributed by atoms with van der Waals surface area (Å²) in [4.78, 5) is 136. The minimum atomic E-state index is -2.38. The van der Waals surface area contributed by atoms with Crippen molar-refractivity contribution in [3.8, 4) is 11.5 Å². The Morgan fingerprint density at radius 2 is 1.58 bits per heavy atom. The van der Waals surface area contributed by atoms with Gasteiger partial charge in [-0.25, -0.2) is 9.59 Å². The summed E-state index contributed by atoms with van der Waals surface area (Å²) in [5, 5.41) is 59.3. The number of imide groups is 1. The fraction of sp³-hybridized carbons (Fsp3) is 0.500. The third-order valence-corrected chi connectivity index (χ3v) is 16.6. The summed E-state index contributed by atoms with van der Waals surface area (Å²) in [6.07, 6.45) is -3.08. The van der Waals surface area contributed by atoms with Gasteiger partial charge in [-0.1, -0.05) is 50.6 Å². The van der Waals surface area contributed by atoms with Gasteiger partial charge in [-0.2, -0.15) is 0 Å². The third-order valence-electron chi connectivity index (χ3n) is 16.6. The van der Waals surface area contributed by atoms with Crippen molar-refractivity contribution >= 4 is 70.4 Å². The average molecular weight is 1230 g/mol. The predicted octanol–water partition coefficient (Wildman–Crippen LogP) is 1.95. The lowest BCUT2D eigenvalue weighted by atomic mass is 9.71. The highest BCUT2D eigenvalue weighted by Crippen LogP contribution is 2.53. The number of aromatic hydroxyl groups is 2. The van der Waals surface area contributed by atoms with Crippen LogP contribution in [0.3, 0.4) is 0 Å². The number of hydrogen-bond acceptors (Lipinski definition) is 21. The number of Topliss-reactive ketones (excluding diaryl/α,β-unsaturated/α-hetero) is 1. The number of hydrogen-bond donors (Lipinski definition) is 10. The van der Waals surface area contributed by atoms with Crippen molar-refractivity contribution in [2.75, 3.05) is 50.6 Å². The Hall–Kier alpha value is -8.22. The number of rotatable bonds is 24. The summed E-state index contributed by atoms with van der Waals surface area (Å²) in [5.74, 6) is -7.72. The number of amides is 8. The maximum Gasteiger partial charge on any atom is 0.411 e. The van der Waals surface area contributed by atoms with Crippen LogP contribution in [0, 0.1) is 5.92 Å². The number of nitrogens with one attached hydrogen (secondary N) is 5. The Bertz CT molecular complexity index is 3280. The van der Waals surface area contributed by atoms with Gasteiger partial charge in [0.15, 0.2) is 36.2 Å². The van der Waals surface area contributed by atoms with Crippen LogP contribution in [0.2, 0.25) is 0 Å². The number of phenols is 2. The Morgan fingerprint density at radius 3 is 2.30 bits per heavy atom. The number of para-hydroxylation sites is 1. The number of unbranched alkanes of at least 4 members (excludes halogenated alkanes) is 2. The van der Waals surface area contributed by atoms with Crippen LogP contribution in [0.4, 0.5) is 21.0 Å². The van der Waals surface area contributed by atoms with Gasteiger partial charge in [0.25, 0.3) is 11.8 Å². The molecule has 4 heterocycles. The van der Waals surface area contributed by atoms with Crippen molar-refractivity contribution in [2.45, 2.75) is 146 Å². The highest BCUT2D eigenvalue weighted by atomic mass is 16.7. The second-order valence-corrected chi connectivity index (χ2v) is 22.7. The van der Waals surface area contributed by atoms with E-state index in [0.29, 0.717) is 32.4 Å². The first-order chi connectivity index (χ1) is 42.0. The second-order valence-electron chi connectivity index (χ2n) is 22.7. The van der Waals surface area contributed by atoms with Gasteiger partial charge in [0.1, 0.15) is 48.5 Å². The molecule has 88 heavy (non-hydrogen) atoms. The van der Waals surface area contributed by atoms with Crippen LogP contribution in [0.15, 0.2) is 54.6 Å². The largest absolute Gasteiger partial charge is 0.507 e. The number of ketones is 3. The molecule has 0 radical (unpaired) electrons. The number of nitrogens with two attached hydrogens (primary N) is 1. The predicted molar refractivity (Wildman–Crippen MR) is 306 cm³/mol. The number of fused-ring (bicyclic) bond motifs is 6.